The van der Waals surface area contributed by atoms with Crippen LogP contribution in [0.5, 0.6) is 11.5 Å². The largest absolute Gasteiger partial charge is 0.492 e. The summed E-state index contributed by atoms with van der Waals surface area (Å²) < 4.78 is 13.1. The van der Waals surface area contributed by atoms with Gasteiger partial charge in [-0.3, -0.25) is 19.2 Å². The molecule has 0 saturated carbocycles. The molecule has 156 valence electrons. The van der Waals surface area contributed by atoms with Crippen molar-refractivity contribution in [1.82, 2.24) is 14.5 Å². The zero-order valence-corrected chi connectivity index (χ0v) is 17.4. The SMILES string of the molecule is O=c1cc(OCc2ccc(Cl)cn2)ccn1-c1ccc(OCCN2CCCC2)cc1. The molecule has 1 fully saturated rings. The molecule has 7 heteroatoms. The molecule has 0 unspecified atom stereocenters. The lowest BCUT2D eigenvalue weighted by molar-refractivity contribution is 0.238. The van der Waals surface area contributed by atoms with E-state index in [1.54, 1.807) is 35.2 Å². The van der Waals surface area contributed by atoms with Gasteiger partial charge in [0, 0.05) is 30.7 Å². The summed E-state index contributed by atoms with van der Waals surface area (Å²) in [6.45, 7) is 4.23. The van der Waals surface area contributed by atoms with E-state index in [2.05, 4.69) is 9.88 Å². The monoisotopic (exact) mass is 425 g/mol. The Morgan fingerprint density at radius 1 is 0.967 bits per heavy atom. The van der Waals surface area contributed by atoms with Gasteiger partial charge in [-0.05, 0) is 68.4 Å². The maximum absolute atomic E-state index is 12.5. The van der Waals surface area contributed by atoms with E-state index in [1.165, 1.54) is 32.0 Å². The average Bonchev–Trinajstić information content (AvgIpc) is 3.28. The van der Waals surface area contributed by atoms with Crippen LogP contribution in [0.2, 0.25) is 5.02 Å². The van der Waals surface area contributed by atoms with Crippen LogP contribution in [0.15, 0.2) is 65.7 Å². The third-order valence-corrected chi connectivity index (χ3v) is 5.28. The second kappa shape index (κ2) is 9.78. The van der Waals surface area contributed by atoms with Gasteiger partial charge >= 0.3 is 0 Å². The molecule has 3 aromatic rings. The number of hydrogen-bond acceptors (Lipinski definition) is 5. The first-order chi connectivity index (χ1) is 14.7. The second-order valence-electron chi connectivity index (χ2n) is 7.22. The van der Waals surface area contributed by atoms with E-state index in [4.69, 9.17) is 21.1 Å². The molecule has 1 saturated heterocycles. The number of halogens is 1. The summed E-state index contributed by atoms with van der Waals surface area (Å²) in [4.78, 5) is 19.1. The highest BCUT2D eigenvalue weighted by Crippen LogP contribution is 2.17. The van der Waals surface area contributed by atoms with Gasteiger partial charge < -0.3 is 9.47 Å². The maximum atomic E-state index is 12.5. The highest BCUT2D eigenvalue weighted by atomic mass is 35.5. The fourth-order valence-electron chi connectivity index (χ4n) is 3.41. The van der Waals surface area contributed by atoms with Crippen molar-refractivity contribution in [3.8, 4) is 17.2 Å². The molecule has 0 radical (unpaired) electrons. The quantitative estimate of drug-likeness (QED) is 0.547. The highest BCUT2D eigenvalue weighted by molar-refractivity contribution is 6.30. The van der Waals surface area contributed by atoms with Crippen LogP contribution in [0.4, 0.5) is 0 Å². The number of likely N-dealkylation sites (tertiary alicyclic amines) is 1. The molecule has 6 nitrogen and oxygen atoms in total. The molecule has 0 amide bonds. The Hall–Kier alpha value is -2.83. The number of benzene rings is 1. The molecule has 1 aliphatic heterocycles. The van der Waals surface area contributed by atoms with Crippen LogP contribution in [0.1, 0.15) is 18.5 Å². The van der Waals surface area contributed by atoms with E-state index in [0.29, 0.717) is 17.4 Å². The summed E-state index contributed by atoms with van der Waals surface area (Å²) >= 11 is 5.83. The zero-order chi connectivity index (χ0) is 20.8. The van der Waals surface area contributed by atoms with Gasteiger partial charge in [0.25, 0.3) is 5.56 Å². The van der Waals surface area contributed by atoms with E-state index in [1.807, 2.05) is 24.3 Å². The predicted octanol–water partition coefficient (Wildman–Crippen LogP) is 3.94. The van der Waals surface area contributed by atoms with Crippen LogP contribution in [0.3, 0.4) is 0 Å². The lowest BCUT2D eigenvalue weighted by Gasteiger charge is -2.15. The number of pyridine rings is 2. The molecule has 4 rings (SSSR count). The van der Waals surface area contributed by atoms with Crippen molar-refractivity contribution in [2.75, 3.05) is 26.2 Å². The zero-order valence-electron chi connectivity index (χ0n) is 16.7. The Bertz CT molecular complexity index is 1010. The van der Waals surface area contributed by atoms with Crippen LogP contribution in [0.25, 0.3) is 5.69 Å². The van der Waals surface area contributed by atoms with E-state index < -0.39 is 0 Å². The first kappa shape index (κ1) is 20.4. The van der Waals surface area contributed by atoms with Gasteiger partial charge in [-0.15, -0.1) is 0 Å². The van der Waals surface area contributed by atoms with Crippen molar-refractivity contribution in [2.24, 2.45) is 0 Å². The molecule has 30 heavy (non-hydrogen) atoms. The normalized spacial score (nSPS) is 14.0. The molecule has 2 aromatic heterocycles. The molecule has 3 heterocycles. The van der Waals surface area contributed by atoms with E-state index in [9.17, 15) is 4.79 Å². The van der Waals surface area contributed by atoms with Crippen molar-refractivity contribution < 1.29 is 9.47 Å². The summed E-state index contributed by atoms with van der Waals surface area (Å²) in [7, 11) is 0. The van der Waals surface area contributed by atoms with Gasteiger partial charge in [0.1, 0.15) is 24.7 Å². The van der Waals surface area contributed by atoms with Gasteiger partial charge in [0.05, 0.1) is 10.7 Å². The van der Waals surface area contributed by atoms with Crippen molar-refractivity contribution in [2.45, 2.75) is 19.4 Å². The van der Waals surface area contributed by atoms with E-state index in [-0.39, 0.29) is 12.2 Å². The molecule has 0 spiro atoms. The minimum atomic E-state index is -0.167. The second-order valence-corrected chi connectivity index (χ2v) is 7.65. The predicted molar refractivity (Wildman–Crippen MR) is 117 cm³/mol. The molecule has 0 aliphatic carbocycles. The van der Waals surface area contributed by atoms with Crippen molar-refractivity contribution in [3.63, 3.8) is 0 Å². The number of aromatic nitrogens is 2. The Kier molecular flexibility index (Phi) is 6.67. The van der Waals surface area contributed by atoms with Crippen molar-refractivity contribution in [3.05, 3.63) is 82.0 Å². The van der Waals surface area contributed by atoms with Crippen LogP contribution in [-0.4, -0.2) is 40.7 Å². The van der Waals surface area contributed by atoms with Gasteiger partial charge in [0.2, 0.25) is 0 Å². The van der Waals surface area contributed by atoms with Crippen molar-refractivity contribution >= 4 is 11.6 Å². The minimum Gasteiger partial charge on any atom is -0.492 e. The number of rotatable bonds is 8. The Balaban J connectivity index is 1.34. The van der Waals surface area contributed by atoms with Gasteiger partial charge in [-0.25, -0.2) is 0 Å². The molecule has 1 aliphatic rings. The lowest BCUT2D eigenvalue weighted by atomic mass is 10.3. The summed E-state index contributed by atoms with van der Waals surface area (Å²) in [5.41, 5.74) is 1.35. The van der Waals surface area contributed by atoms with Crippen molar-refractivity contribution in [1.29, 1.82) is 0 Å². The van der Waals surface area contributed by atoms with E-state index >= 15 is 0 Å². The third-order valence-electron chi connectivity index (χ3n) is 5.06. The number of hydrogen-bond donors (Lipinski definition) is 0. The van der Waals surface area contributed by atoms with Crippen LogP contribution >= 0.6 is 11.6 Å². The fraction of sp³-hybridized carbons (Fsp3) is 0.304. The smallest absolute Gasteiger partial charge is 0.258 e. The number of nitrogens with zero attached hydrogens (tertiary/aromatic N) is 3. The summed E-state index contributed by atoms with van der Waals surface area (Å²) in [5.74, 6) is 1.30. The summed E-state index contributed by atoms with van der Waals surface area (Å²) in [6, 6.07) is 14.3. The minimum absolute atomic E-state index is 0.167. The Labute approximate surface area is 180 Å². The molecular weight excluding hydrogens is 402 g/mol. The molecule has 0 bridgehead atoms. The molecular formula is C23H24ClN3O3. The third kappa shape index (κ3) is 5.40. The topological polar surface area (TPSA) is 56.6 Å². The Morgan fingerprint density at radius 2 is 1.77 bits per heavy atom. The first-order valence-electron chi connectivity index (χ1n) is 10.1. The van der Waals surface area contributed by atoms with Gasteiger partial charge in [-0.2, -0.15) is 0 Å². The summed E-state index contributed by atoms with van der Waals surface area (Å²) in [6.07, 6.45) is 5.84. The lowest BCUT2D eigenvalue weighted by Crippen LogP contribution is -2.25. The van der Waals surface area contributed by atoms with Crippen LogP contribution in [0, 0.1) is 0 Å². The average molecular weight is 426 g/mol. The first-order valence-corrected chi connectivity index (χ1v) is 10.5. The van der Waals surface area contributed by atoms with E-state index in [0.717, 1.165) is 23.7 Å². The summed E-state index contributed by atoms with van der Waals surface area (Å²) in [5, 5.41) is 0.573. The van der Waals surface area contributed by atoms with Gasteiger partial charge in [0.15, 0.2) is 0 Å². The molecule has 1 aromatic carbocycles. The Morgan fingerprint density at radius 3 is 2.47 bits per heavy atom. The molecule has 0 N–H and O–H groups in total. The highest BCUT2D eigenvalue weighted by Gasteiger charge is 2.11. The van der Waals surface area contributed by atoms with Crippen LogP contribution < -0.4 is 15.0 Å². The van der Waals surface area contributed by atoms with Gasteiger partial charge in [-0.1, -0.05) is 11.6 Å². The fourth-order valence-corrected chi connectivity index (χ4v) is 3.53. The standard InChI is InChI=1S/C23H24ClN3O3/c24-18-3-4-19(25-16-18)17-30-22-9-12-27(23(28)15-22)20-5-7-21(8-6-20)29-14-13-26-10-1-2-11-26/h3-9,12,15-16H,1-2,10-11,13-14,17H2. The molecule has 0 atom stereocenters. The number of ether oxygens (including phenoxy) is 2. The maximum Gasteiger partial charge on any atom is 0.258 e. The van der Waals surface area contributed by atoms with Crippen LogP contribution in [-0.2, 0) is 6.61 Å².